The quantitative estimate of drug-likeness (QED) is 0.666. The maximum atomic E-state index is 12.5. The zero-order chi connectivity index (χ0) is 19.6. The zero-order valence-corrected chi connectivity index (χ0v) is 16.6. The molecule has 8 heteroatoms. The molecule has 1 atom stereocenters. The first-order valence-electron chi connectivity index (χ1n) is 8.71. The molecule has 1 aromatic carbocycles. The fourth-order valence-electron chi connectivity index (χ4n) is 2.39. The van der Waals surface area contributed by atoms with E-state index in [-0.39, 0.29) is 18.3 Å². The molecule has 0 fully saturated rings. The SMILES string of the molecule is CC/C=C/N(C)C(=S)[C@H](COC)NC(=O)c1ncn(Cc2ccccc2)n1. The molecule has 2 rings (SSSR count). The summed E-state index contributed by atoms with van der Waals surface area (Å²) in [6.45, 7) is 2.85. The van der Waals surface area contributed by atoms with Crippen LogP contribution in [0.2, 0.25) is 0 Å². The Morgan fingerprint density at radius 1 is 1.41 bits per heavy atom. The second-order valence-corrected chi connectivity index (χ2v) is 6.39. The molecule has 0 spiro atoms. The van der Waals surface area contributed by atoms with Crippen LogP contribution >= 0.6 is 12.2 Å². The van der Waals surface area contributed by atoms with Gasteiger partial charge in [-0.1, -0.05) is 55.5 Å². The molecule has 1 heterocycles. The van der Waals surface area contributed by atoms with E-state index in [1.807, 2.05) is 56.6 Å². The predicted octanol–water partition coefficient (Wildman–Crippen LogP) is 2.25. The Balaban J connectivity index is 2.02. The lowest BCUT2D eigenvalue weighted by Crippen LogP contribution is -2.47. The molecule has 1 aromatic heterocycles. The number of nitrogens with zero attached hydrogens (tertiary/aromatic N) is 4. The second kappa shape index (κ2) is 10.5. The number of thiocarbonyl (C=S) groups is 1. The predicted molar refractivity (Wildman–Crippen MR) is 108 cm³/mol. The van der Waals surface area contributed by atoms with Gasteiger partial charge < -0.3 is 15.0 Å². The lowest BCUT2D eigenvalue weighted by atomic mass is 10.2. The Hall–Kier alpha value is -2.58. The lowest BCUT2D eigenvalue weighted by Gasteiger charge is -2.24. The van der Waals surface area contributed by atoms with Gasteiger partial charge in [0, 0.05) is 20.4 Å². The number of methoxy groups -OCH3 is 1. The van der Waals surface area contributed by atoms with Crippen molar-refractivity contribution in [3.05, 3.63) is 60.3 Å². The van der Waals surface area contributed by atoms with E-state index in [0.717, 1.165) is 12.0 Å². The number of hydrogen-bond donors (Lipinski definition) is 1. The van der Waals surface area contributed by atoms with E-state index in [2.05, 4.69) is 15.4 Å². The molecular weight excluding hydrogens is 362 g/mol. The highest BCUT2D eigenvalue weighted by Gasteiger charge is 2.22. The number of ether oxygens (including phenoxy) is 1. The summed E-state index contributed by atoms with van der Waals surface area (Å²) in [6, 6.07) is 9.40. The number of nitrogens with one attached hydrogen (secondary N) is 1. The lowest BCUT2D eigenvalue weighted by molar-refractivity contribution is 0.0909. The van der Waals surface area contributed by atoms with Crippen molar-refractivity contribution in [2.75, 3.05) is 20.8 Å². The summed E-state index contributed by atoms with van der Waals surface area (Å²) in [5.41, 5.74) is 1.08. The van der Waals surface area contributed by atoms with Crippen LogP contribution in [0.3, 0.4) is 0 Å². The van der Waals surface area contributed by atoms with Crippen molar-refractivity contribution >= 4 is 23.1 Å². The summed E-state index contributed by atoms with van der Waals surface area (Å²) in [6.07, 6.45) is 6.31. The first kappa shape index (κ1) is 20.7. The fraction of sp³-hybridized carbons (Fsp3) is 0.368. The molecule has 27 heavy (non-hydrogen) atoms. The van der Waals surface area contributed by atoms with E-state index in [9.17, 15) is 4.79 Å². The third-order valence-corrected chi connectivity index (χ3v) is 4.35. The van der Waals surface area contributed by atoms with Gasteiger partial charge in [0.15, 0.2) is 0 Å². The topological polar surface area (TPSA) is 72.3 Å². The highest BCUT2D eigenvalue weighted by Crippen LogP contribution is 2.03. The average Bonchev–Trinajstić information content (AvgIpc) is 3.14. The monoisotopic (exact) mass is 387 g/mol. The average molecular weight is 388 g/mol. The van der Waals surface area contributed by atoms with Gasteiger partial charge in [0.25, 0.3) is 5.91 Å². The maximum Gasteiger partial charge on any atom is 0.291 e. The molecule has 2 aromatic rings. The molecule has 0 unspecified atom stereocenters. The number of carbonyl (C=O) groups is 1. The van der Waals surface area contributed by atoms with E-state index >= 15 is 0 Å². The Morgan fingerprint density at radius 3 is 2.81 bits per heavy atom. The van der Waals surface area contributed by atoms with Gasteiger partial charge in [0.2, 0.25) is 5.82 Å². The Bertz CT molecular complexity index is 775. The highest BCUT2D eigenvalue weighted by atomic mass is 32.1. The third kappa shape index (κ3) is 6.26. The molecule has 0 radical (unpaired) electrons. The van der Waals surface area contributed by atoms with Gasteiger partial charge in [-0.3, -0.25) is 4.79 Å². The first-order chi connectivity index (χ1) is 13.0. The van der Waals surface area contributed by atoms with Crippen LogP contribution < -0.4 is 5.32 Å². The number of aromatic nitrogens is 3. The molecule has 0 saturated heterocycles. The number of hydrogen-bond acceptors (Lipinski definition) is 5. The van der Waals surface area contributed by atoms with Gasteiger partial charge in [-0.15, -0.1) is 5.10 Å². The van der Waals surface area contributed by atoms with Crippen LogP contribution in [0.1, 0.15) is 29.5 Å². The molecule has 7 nitrogen and oxygen atoms in total. The normalized spacial score (nSPS) is 12.1. The first-order valence-corrected chi connectivity index (χ1v) is 9.12. The Morgan fingerprint density at radius 2 is 2.15 bits per heavy atom. The molecule has 1 N–H and O–H groups in total. The van der Waals surface area contributed by atoms with Crippen molar-refractivity contribution in [3.63, 3.8) is 0 Å². The summed E-state index contributed by atoms with van der Waals surface area (Å²) in [5.74, 6) is -0.291. The highest BCUT2D eigenvalue weighted by molar-refractivity contribution is 7.80. The number of amides is 1. The Labute approximate surface area is 165 Å². The minimum absolute atomic E-state index is 0.0987. The fourth-order valence-corrected chi connectivity index (χ4v) is 2.58. The number of carbonyl (C=O) groups excluding carboxylic acids is 1. The molecule has 0 saturated carbocycles. The molecule has 0 aliphatic carbocycles. The molecule has 1 amide bonds. The van der Waals surface area contributed by atoms with Crippen molar-refractivity contribution in [3.8, 4) is 0 Å². The zero-order valence-electron chi connectivity index (χ0n) is 15.8. The second-order valence-electron chi connectivity index (χ2n) is 5.97. The number of benzene rings is 1. The minimum atomic E-state index is -0.454. The van der Waals surface area contributed by atoms with E-state index in [1.165, 1.54) is 0 Å². The minimum Gasteiger partial charge on any atom is -0.382 e. The summed E-state index contributed by atoms with van der Waals surface area (Å²) in [5, 5.41) is 7.10. The molecule has 0 aliphatic heterocycles. The van der Waals surface area contributed by atoms with Gasteiger partial charge in [-0.05, 0) is 12.0 Å². The van der Waals surface area contributed by atoms with Crippen molar-refractivity contribution in [1.82, 2.24) is 25.0 Å². The van der Waals surface area contributed by atoms with Crippen LogP contribution in [0.5, 0.6) is 0 Å². The molecule has 0 aliphatic rings. The van der Waals surface area contributed by atoms with Crippen LogP contribution in [0.25, 0.3) is 0 Å². The van der Waals surface area contributed by atoms with Crippen LogP contribution in [-0.2, 0) is 11.3 Å². The van der Waals surface area contributed by atoms with E-state index in [0.29, 0.717) is 11.5 Å². The van der Waals surface area contributed by atoms with E-state index in [4.69, 9.17) is 17.0 Å². The van der Waals surface area contributed by atoms with Crippen molar-refractivity contribution in [2.45, 2.75) is 25.9 Å². The van der Waals surface area contributed by atoms with Crippen LogP contribution in [0.4, 0.5) is 0 Å². The summed E-state index contributed by atoms with van der Waals surface area (Å²) in [4.78, 5) is 19.0. The number of likely N-dealkylation sites (N-methyl/N-ethyl adjacent to an activating group) is 1. The van der Waals surface area contributed by atoms with E-state index < -0.39 is 6.04 Å². The van der Waals surface area contributed by atoms with Gasteiger partial charge in [-0.25, -0.2) is 9.67 Å². The number of rotatable bonds is 9. The number of allylic oxidation sites excluding steroid dienone is 1. The van der Waals surface area contributed by atoms with Crippen molar-refractivity contribution < 1.29 is 9.53 Å². The van der Waals surface area contributed by atoms with Gasteiger partial charge in [0.05, 0.1) is 13.2 Å². The maximum absolute atomic E-state index is 12.5. The van der Waals surface area contributed by atoms with E-state index in [1.54, 1.807) is 23.0 Å². The summed E-state index contributed by atoms with van der Waals surface area (Å²) >= 11 is 5.47. The van der Waals surface area contributed by atoms with Crippen molar-refractivity contribution in [2.24, 2.45) is 0 Å². The smallest absolute Gasteiger partial charge is 0.291 e. The largest absolute Gasteiger partial charge is 0.382 e. The van der Waals surface area contributed by atoms with Gasteiger partial charge >= 0.3 is 0 Å². The third-order valence-electron chi connectivity index (χ3n) is 3.78. The standard InChI is InChI=1S/C19H25N5O2S/c1-4-5-11-23(2)19(27)16(13-26-3)21-18(25)17-20-14-24(22-17)12-15-9-7-6-8-10-15/h5-11,14,16H,4,12-13H2,1-3H3,(H,21,25)/b11-5+/t16-/m0/s1. The van der Waals surface area contributed by atoms with Crippen LogP contribution in [0, 0.1) is 0 Å². The summed E-state index contributed by atoms with van der Waals surface area (Å²) < 4.78 is 6.83. The molecule has 0 bridgehead atoms. The van der Waals surface area contributed by atoms with Gasteiger partial charge in [0.1, 0.15) is 17.4 Å². The van der Waals surface area contributed by atoms with Crippen LogP contribution in [0.15, 0.2) is 48.9 Å². The molecule has 144 valence electrons. The van der Waals surface area contributed by atoms with Gasteiger partial charge in [-0.2, -0.15) is 0 Å². The van der Waals surface area contributed by atoms with Crippen LogP contribution in [-0.4, -0.2) is 57.4 Å². The molecular formula is C19H25N5O2S. The summed E-state index contributed by atoms with van der Waals surface area (Å²) in [7, 11) is 3.41. The van der Waals surface area contributed by atoms with Crippen molar-refractivity contribution in [1.29, 1.82) is 0 Å². The Kier molecular flexibility index (Phi) is 8.09.